The molecule has 0 atom stereocenters. The van der Waals surface area contributed by atoms with Crippen LogP contribution >= 0.6 is 0 Å². The van der Waals surface area contributed by atoms with E-state index < -0.39 is 0 Å². The first kappa shape index (κ1) is 15.3. The van der Waals surface area contributed by atoms with Gasteiger partial charge in [-0.25, -0.2) is 0 Å². The van der Waals surface area contributed by atoms with Crippen molar-refractivity contribution in [3.63, 3.8) is 0 Å². The van der Waals surface area contributed by atoms with Gasteiger partial charge in [0.25, 0.3) is 0 Å². The number of likely N-dealkylation sites (N-methyl/N-ethyl adjacent to an activating group) is 1. The largest absolute Gasteiger partial charge is 0.314 e. The summed E-state index contributed by atoms with van der Waals surface area (Å²) in [5.41, 5.74) is 2.83. The van der Waals surface area contributed by atoms with Gasteiger partial charge in [0.05, 0.1) is 0 Å². The summed E-state index contributed by atoms with van der Waals surface area (Å²) in [5.74, 6) is -0.0778. The van der Waals surface area contributed by atoms with Crippen LogP contribution in [0, 0.1) is 0 Å². The molecule has 4 nitrogen and oxygen atoms in total. The highest BCUT2D eigenvalue weighted by molar-refractivity contribution is 6.04. The van der Waals surface area contributed by atoms with Gasteiger partial charge in [-0.3, -0.25) is 9.59 Å². The van der Waals surface area contributed by atoms with Crippen molar-refractivity contribution in [2.24, 2.45) is 0 Å². The number of aryl methyl sites for hydroxylation is 1. The molecule has 2 aromatic rings. The Balaban J connectivity index is 1.83. The molecule has 1 heterocycles. The first-order chi connectivity index (χ1) is 11.2. The first-order valence-electron chi connectivity index (χ1n) is 7.86. The molecule has 0 bridgehead atoms. The maximum Gasteiger partial charge on any atom is 0.246 e. The van der Waals surface area contributed by atoms with Gasteiger partial charge in [-0.15, -0.1) is 0 Å². The topological polar surface area (TPSA) is 40.6 Å². The zero-order chi connectivity index (χ0) is 16.2. The minimum absolute atomic E-state index is 0.0183. The van der Waals surface area contributed by atoms with Gasteiger partial charge in [0.1, 0.15) is 6.54 Å². The Morgan fingerprint density at radius 2 is 1.74 bits per heavy atom. The number of hydrogen-bond donors (Lipinski definition) is 0. The number of carbonyl (C=O) groups excluding carboxylic acids is 2. The van der Waals surface area contributed by atoms with Crippen LogP contribution in [-0.4, -0.2) is 25.4 Å². The Morgan fingerprint density at radius 1 is 1.04 bits per heavy atom. The number of amides is 2. The van der Waals surface area contributed by atoms with E-state index in [1.807, 2.05) is 54.6 Å². The van der Waals surface area contributed by atoms with E-state index >= 15 is 0 Å². The van der Waals surface area contributed by atoms with E-state index in [0.29, 0.717) is 6.42 Å². The lowest BCUT2D eigenvalue weighted by Crippen LogP contribution is -2.41. The van der Waals surface area contributed by atoms with Crippen LogP contribution in [0.1, 0.15) is 18.4 Å². The molecule has 23 heavy (non-hydrogen) atoms. The van der Waals surface area contributed by atoms with E-state index in [-0.39, 0.29) is 18.4 Å². The van der Waals surface area contributed by atoms with E-state index in [1.54, 1.807) is 16.8 Å². The van der Waals surface area contributed by atoms with Crippen LogP contribution in [0.15, 0.2) is 54.6 Å². The SMILES string of the molecule is CN(C(=O)CN1C(=O)CCCc2ccccc21)c1ccccc1. The van der Waals surface area contributed by atoms with Crippen LogP contribution in [0.25, 0.3) is 0 Å². The monoisotopic (exact) mass is 308 g/mol. The molecule has 2 aromatic carbocycles. The Labute approximate surface area is 136 Å². The molecule has 2 amide bonds. The fraction of sp³-hybridized carbons (Fsp3) is 0.263. The fourth-order valence-corrected chi connectivity index (χ4v) is 2.90. The summed E-state index contributed by atoms with van der Waals surface area (Å²) in [6.07, 6.45) is 2.19. The Kier molecular flexibility index (Phi) is 4.42. The maximum atomic E-state index is 12.6. The van der Waals surface area contributed by atoms with Gasteiger partial charge in [0, 0.05) is 24.8 Å². The van der Waals surface area contributed by atoms with E-state index in [2.05, 4.69) is 0 Å². The van der Waals surface area contributed by atoms with Crippen LogP contribution in [0.4, 0.5) is 11.4 Å². The summed E-state index contributed by atoms with van der Waals surface area (Å²) in [5, 5.41) is 0. The normalized spacial score (nSPS) is 14.1. The minimum atomic E-state index is -0.0961. The zero-order valence-electron chi connectivity index (χ0n) is 13.2. The molecule has 0 fully saturated rings. The highest BCUT2D eigenvalue weighted by Gasteiger charge is 2.25. The Hall–Kier alpha value is -2.62. The molecule has 0 N–H and O–H groups in total. The highest BCUT2D eigenvalue weighted by atomic mass is 16.2. The minimum Gasteiger partial charge on any atom is -0.314 e. The van der Waals surface area contributed by atoms with Crippen molar-refractivity contribution in [2.45, 2.75) is 19.3 Å². The molecule has 0 radical (unpaired) electrons. The number of hydrogen-bond acceptors (Lipinski definition) is 2. The van der Waals surface area contributed by atoms with E-state index in [9.17, 15) is 9.59 Å². The molecule has 118 valence electrons. The van der Waals surface area contributed by atoms with Crippen molar-refractivity contribution in [3.8, 4) is 0 Å². The third-order valence-electron chi connectivity index (χ3n) is 4.23. The van der Waals surface area contributed by atoms with Crippen LogP contribution in [0.2, 0.25) is 0 Å². The molecule has 3 rings (SSSR count). The fourth-order valence-electron chi connectivity index (χ4n) is 2.90. The summed E-state index contributed by atoms with van der Waals surface area (Å²) in [4.78, 5) is 28.3. The van der Waals surface area contributed by atoms with Gasteiger partial charge in [0.15, 0.2) is 0 Å². The second-order valence-corrected chi connectivity index (χ2v) is 5.75. The van der Waals surface area contributed by atoms with Crippen molar-refractivity contribution in [1.82, 2.24) is 0 Å². The predicted molar refractivity (Wildman–Crippen MR) is 91.6 cm³/mol. The molecular formula is C19H20N2O2. The number of nitrogens with zero attached hydrogens (tertiary/aromatic N) is 2. The average molecular weight is 308 g/mol. The quantitative estimate of drug-likeness (QED) is 0.874. The van der Waals surface area contributed by atoms with Gasteiger partial charge in [-0.1, -0.05) is 36.4 Å². The summed E-state index contributed by atoms with van der Waals surface area (Å²) in [7, 11) is 1.74. The van der Waals surface area contributed by atoms with Crippen LogP contribution in [0.3, 0.4) is 0 Å². The van der Waals surface area contributed by atoms with Crippen LogP contribution < -0.4 is 9.80 Å². The summed E-state index contributed by atoms with van der Waals surface area (Å²) >= 11 is 0. The number of fused-ring (bicyclic) bond motifs is 1. The standard InChI is InChI=1S/C19H20N2O2/c1-20(16-10-3-2-4-11-16)19(23)14-21-17-12-6-5-8-15(17)9-7-13-18(21)22/h2-6,8,10-12H,7,9,13-14H2,1H3. The third kappa shape index (κ3) is 3.26. The number of anilines is 2. The van der Waals surface area contributed by atoms with Crippen molar-refractivity contribution in [3.05, 3.63) is 60.2 Å². The molecule has 4 heteroatoms. The lowest BCUT2D eigenvalue weighted by atomic mass is 10.1. The second kappa shape index (κ2) is 6.65. The molecule has 0 saturated carbocycles. The average Bonchev–Trinajstić information content (AvgIpc) is 2.74. The molecule has 1 aliphatic rings. The lowest BCUT2D eigenvalue weighted by molar-refractivity contribution is -0.122. The van der Waals surface area contributed by atoms with Gasteiger partial charge >= 0.3 is 0 Å². The smallest absolute Gasteiger partial charge is 0.246 e. The molecule has 0 spiro atoms. The van der Waals surface area contributed by atoms with Gasteiger partial charge < -0.3 is 9.80 Å². The molecule has 0 aliphatic carbocycles. The van der Waals surface area contributed by atoms with Crippen LogP contribution in [0.5, 0.6) is 0 Å². The van der Waals surface area contributed by atoms with E-state index in [4.69, 9.17) is 0 Å². The second-order valence-electron chi connectivity index (χ2n) is 5.75. The van der Waals surface area contributed by atoms with Gasteiger partial charge in [-0.2, -0.15) is 0 Å². The predicted octanol–water partition coefficient (Wildman–Crippen LogP) is 3.02. The molecule has 1 aliphatic heterocycles. The van der Waals surface area contributed by atoms with Crippen molar-refractivity contribution < 1.29 is 9.59 Å². The molecular weight excluding hydrogens is 288 g/mol. The van der Waals surface area contributed by atoms with Crippen LogP contribution in [-0.2, 0) is 16.0 Å². The van der Waals surface area contributed by atoms with Gasteiger partial charge in [0.2, 0.25) is 11.8 Å². The first-order valence-corrected chi connectivity index (χ1v) is 7.86. The van der Waals surface area contributed by atoms with E-state index in [1.165, 1.54) is 0 Å². The van der Waals surface area contributed by atoms with Crippen molar-refractivity contribution in [2.75, 3.05) is 23.4 Å². The Bertz CT molecular complexity index is 712. The highest BCUT2D eigenvalue weighted by Crippen LogP contribution is 2.27. The number of benzene rings is 2. The molecule has 0 unspecified atom stereocenters. The maximum absolute atomic E-state index is 12.6. The van der Waals surface area contributed by atoms with Gasteiger partial charge in [-0.05, 0) is 36.6 Å². The summed E-state index contributed by atoms with van der Waals surface area (Å²) in [6, 6.07) is 17.3. The number of carbonyl (C=O) groups is 2. The van der Waals surface area contributed by atoms with E-state index in [0.717, 1.165) is 29.8 Å². The number of rotatable bonds is 3. The summed E-state index contributed by atoms with van der Waals surface area (Å²) in [6.45, 7) is 0.0707. The lowest BCUT2D eigenvalue weighted by Gasteiger charge is -2.25. The molecule has 0 aromatic heterocycles. The summed E-state index contributed by atoms with van der Waals surface area (Å²) < 4.78 is 0. The third-order valence-corrected chi connectivity index (χ3v) is 4.23. The zero-order valence-corrected chi connectivity index (χ0v) is 13.2. The number of para-hydroxylation sites is 2. The molecule has 0 saturated heterocycles. The Morgan fingerprint density at radius 3 is 2.52 bits per heavy atom. The van der Waals surface area contributed by atoms with Crippen molar-refractivity contribution >= 4 is 23.2 Å². The van der Waals surface area contributed by atoms with Crippen molar-refractivity contribution in [1.29, 1.82) is 0 Å².